The molecular formula is C114H94N2O. The summed E-state index contributed by atoms with van der Waals surface area (Å²) in [5.74, 6) is 6.48. The SMILES string of the molecule is CC1(C)c2ccccc2-c2cccc(N(c3ccc(-c4ccccc4)cc3)c3ccc(-c4cccc5c4C4(c6ccccc6-5)C5CC6CC(C5)CC4C6)c(-c4ccccc4)c3)c21.Cc1cc(N(c2ccc(-c3ccccc3)cc2)c2cccc3c2oc2ccccc23)ccc1-c1cccc2c1C1(c3ccccc3-2)C2CC3CC(C2)CC1C3. The van der Waals surface area contributed by atoms with E-state index in [1.807, 2.05) is 0 Å². The third-order valence-corrected chi connectivity index (χ3v) is 30.4. The molecule has 0 unspecified atom stereocenters. The Kier molecular flexibility index (Phi) is 15.7. The van der Waals surface area contributed by atoms with Crippen LogP contribution in [0.25, 0.3) is 111 Å². The molecule has 8 bridgehead atoms. The first-order valence-corrected chi connectivity index (χ1v) is 43.5. The van der Waals surface area contributed by atoms with E-state index >= 15 is 0 Å². The van der Waals surface area contributed by atoms with E-state index in [0.717, 1.165) is 80.2 Å². The van der Waals surface area contributed by atoms with Crippen LogP contribution in [0.1, 0.15) is 117 Å². The number of nitrogens with zero attached hydrogens (tertiary/aromatic N) is 2. The molecule has 0 atom stereocenters. The first kappa shape index (κ1) is 69.0. The number of hydrogen-bond donors (Lipinski definition) is 0. The minimum Gasteiger partial charge on any atom is -0.454 e. The molecule has 0 N–H and O–H groups in total. The van der Waals surface area contributed by atoms with E-state index in [0.29, 0.717) is 11.8 Å². The maximum absolute atomic E-state index is 6.67. The molecule has 0 saturated heterocycles. The van der Waals surface area contributed by atoms with Crippen molar-refractivity contribution in [2.75, 3.05) is 9.80 Å². The van der Waals surface area contributed by atoms with Crippen molar-refractivity contribution < 1.29 is 4.42 Å². The number of hydrogen-bond acceptors (Lipinski definition) is 3. The van der Waals surface area contributed by atoms with Gasteiger partial charge in [-0.25, -0.2) is 0 Å². The van der Waals surface area contributed by atoms with E-state index in [1.54, 1.807) is 22.3 Å². The Bertz CT molecular complexity index is 6580. The molecule has 8 fully saturated rings. The number of rotatable bonds is 11. The number of anilines is 6. The van der Waals surface area contributed by atoms with Crippen molar-refractivity contribution in [3.8, 4) is 89.0 Å². The fourth-order valence-corrected chi connectivity index (χ4v) is 26.4. The number of fused-ring (bicyclic) bond motifs is 12. The van der Waals surface area contributed by atoms with Crippen LogP contribution in [0.4, 0.5) is 34.1 Å². The van der Waals surface area contributed by atoms with E-state index < -0.39 is 0 Å². The summed E-state index contributed by atoms with van der Waals surface area (Å²) < 4.78 is 6.67. The van der Waals surface area contributed by atoms with Crippen LogP contribution < -0.4 is 9.80 Å². The Hall–Kier alpha value is -12.3. The van der Waals surface area contributed by atoms with Crippen LogP contribution in [0.3, 0.4) is 0 Å². The molecule has 3 nitrogen and oxygen atoms in total. The fraction of sp³-hybridized carbons (Fsp3) is 0.211. The van der Waals surface area contributed by atoms with E-state index in [4.69, 9.17) is 4.42 Å². The molecule has 566 valence electrons. The summed E-state index contributed by atoms with van der Waals surface area (Å²) >= 11 is 0. The predicted octanol–water partition coefficient (Wildman–Crippen LogP) is 30.6. The quantitative estimate of drug-likeness (QED) is 0.129. The Labute approximate surface area is 688 Å². The van der Waals surface area contributed by atoms with Crippen molar-refractivity contribution in [3.63, 3.8) is 0 Å². The highest BCUT2D eigenvalue weighted by molar-refractivity contribution is 6.10. The van der Waals surface area contributed by atoms with Crippen molar-refractivity contribution in [2.24, 2.45) is 47.3 Å². The molecule has 1 heterocycles. The van der Waals surface area contributed by atoms with Gasteiger partial charge in [0.1, 0.15) is 5.58 Å². The van der Waals surface area contributed by atoms with Gasteiger partial charge in [0.05, 0.1) is 11.4 Å². The maximum atomic E-state index is 6.67. The molecular weight excluding hydrogens is 1410 g/mol. The zero-order chi connectivity index (χ0) is 77.4. The van der Waals surface area contributed by atoms with E-state index in [-0.39, 0.29) is 16.2 Å². The molecule has 11 aliphatic carbocycles. The van der Waals surface area contributed by atoms with Gasteiger partial charge in [-0.15, -0.1) is 0 Å². The lowest BCUT2D eigenvalue weighted by atomic mass is 9.42. The van der Waals surface area contributed by atoms with Gasteiger partial charge in [0, 0.05) is 49.8 Å². The van der Waals surface area contributed by atoms with Gasteiger partial charge in [-0.1, -0.05) is 293 Å². The van der Waals surface area contributed by atoms with Gasteiger partial charge in [-0.3, -0.25) is 0 Å². The third kappa shape index (κ3) is 10.4. The normalized spacial score (nSPS) is 23.0. The second kappa shape index (κ2) is 26.6. The maximum Gasteiger partial charge on any atom is 0.159 e. The molecule has 16 aromatic rings. The standard InChI is InChI=1S/C61H51N.C53H43NO/c1-60(2)55-24-11-9-19-49(55)53-23-14-26-57(59(53)60)62(46-29-27-42(28-30-46)41-15-5-3-6-16-41)47-31-32-48(54(38-47)43-17-7-4-8-18-43)51-21-13-22-52-50-20-10-12-25-56(50)61(58(51)52)44-34-39-33-40(36-44)37-45(61)35-39;1-33-27-41(54(40-23-21-37(22-24-40)36-11-3-2-4-12-36)49-19-10-17-47-44-14-6-8-20-50(44)55-52(47)49)25-26-42(33)45-15-9-16-46-43-13-5-7-18-48(43)53(51(45)46)38-29-34-28-35(31-38)32-39(53)30-34/h3-32,38-40,44-45H,33-37H2,1-2H3;2-27,34-35,38-39H,28-32H2,1H3. The van der Waals surface area contributed by atoms with E-state index in [9.17, 15) is 0 Å². The largest absolute Gasteiger partial charge is 0.454 e. The molecule has 8 saturated carbocycles. The van der Waals surface area contributed by atoms with Gasteiger partial charge < -0.3 is 14.2 Å². The highest BCUT2D eigenvalue weighted by atomic mass is 16.3. The monoisotopic (exact) mass is 1510 g/mol. The topological polar surface area (TPSA) is 19.6 Å². The third-order valence-electron chi connectivity index (χ3n) is 30.4. The van der Waals surface area contributed by atoms with Gasteiger partial charge >= 0.3 is 0 Å². The summed E-state index contributed by atoms with van der Waals surface area (Å²) in [6.45, 7) is 7.14. The summed E-state index contributed by atoms with van der Waals surface area (Å²) in [6.07, 6.45) is 14.0. The molecule has 15 aromatic carbocycles. The number of furan rings is 1. The van der Waals surface area contributed by atoms with Crippen molar-refractivity contribution in [2.45, 2.75) is 101 Å². The average Bonchev–Trinajstić information content (AvgIpc) is 1.53. The summed E-state index contributed by atoms with van der Waals surface area (Å²) in [4.78, 5) is 4.93. The molecule has 11 aliphatic rings. The second-order valence-electron chi connectivity index (χ2n) is 36.6. The Balaban J connectivity index is 0.000000135. The summed E-state index contributed by atoms with van der Waals surface area (Å²) in [7, 11) is 0. The smallest absolute Gasteiger partial charge is 0.159 e. The zero-order valence-corrected chi connectivity index (χ0v) is 66.9. The first-order chi connectivity index (χ1) is 57.6. The summed E-state index contributed by atoms with van der Waals surface area (Å²) in [5.41, 5.74) is 40.7. The van der Waals surface area contributed by atoms with Crippen LogP contribution in [0.5, 0.6) is 0 Å². The van der Waals surface area contributed by atoms with E-state index in [1.165, 1.54) is 181 Å². The molecule has 0 amide bonds. The average molecular weight is 1510 g/mol. The summed E-state index contributed by atoms with van der Waals surface area (Å²) in [6, 6.07) is 130. The van der Waals surface area contributed by atoms with Gasteiger partial charge in [0.2, 0.25) is 0 Å². The van der Waals surface area contributed by atoms with Crippen molar-refractivity contribution in [3.05, 3.63) is 385 Å². The second-order valence-corrected chi connectivity index (χ2v) is 36.6. The van der Waals surface area contributed by atoms with E-state index in [2.05, 4.69) is 376 Å². The minimum absolute atomic E-state index is 0.0697. The highest BCUT2D eigenvalue weighted by Gasteiger charge is 2.64. The molecule has 3 heteroatoms. The number of para-hydroxylation sites is 2. The van der Waals surface area contributed by atoms with Crippen LogP contribution >= 0.6 is 0 Å². The number of benzene rings is 15. The lowest BCUT2D eigenvalue weighted by Gasteiger charge is -2.61. The molecule has 0 aliphatic heterocycles. The van der Waals surface area contributed by atoms with Crippen LogP contribution in [0.2, 0.25) is 0 Å². The summed E-state index contributed by atoms with van der Waals surface area (Å²) in [5, 5.41) is 2.27. The van der Waals surface area contributed by atoms with Crippen LogP contribution in [0, 0.1) is 54.3 Å². The van der Waals surface area contributed by atoms with Gasteiger partial charge in [-0.2, -0.15) is 0 Å². The molecule has 2 spiro atoms. The number of aryl methyl sites for hydroxylation is 1. The molecule has 1 aromatic heterocycles. The Morgan fingerprint density at radius 2 is 0.615 bits per heavy atom. The molecule has 0 radical (unpaired) electrons. The first-order valence-electron chi connectivity index (χ1n) is 43.5. The Morgan fingerprint density at radius 3 is 1.14 bits per heavy atom. The lowest BCUT2D eigenvalue weighted by molar-refractivity contribution is -0.0397. The zero-order valence-electron chi connectivity index (χ0n) is 66.9. The minimum atomic E-state index is -0.181. The van der Waals surface area contributed by atoms with Crippen molar-refractivity contribution >= 4 is 56.1 Å². The van der Waals surface area contributed by atoms with Gasteiger partial charge in [0.15, 0.2) is 5.58 Å². The van der Waals surface area contributed by atoms with Gasteiger partial charge in [-0.05, 0) is 313 Å². The fourth-order valence-electron chi connectivity index (χ4n) is 26.4. The van der Waals surface area contributed by atoms with Crippen LogP contribution in [-0.2, 0) is 16.2 Å². The molecule has 27 rings (SSSR count). The predicted molar refractivity (Wildman–Crippen MR) is 486 cm³/mol. The van der Waals surface area contributed by atoms with Crippen molar-refractivity contribution in [1.29, 1.82) is 0 Å². The van der Waals surface area contributed by atoms with Crippen LogP contribution in [0.15, 0.2) is 350 Å². The van der Waals surface area contributed by atoms with Crippen LogP contribution in [-0.4, -0.2) is 0 Å². The van der Waals surface area contributed by atoms with Gasteiger partial charge in [0.25, 0.3) is 0 Å². The van der Waals surface area contributed by atoms with Crippen molar-refractivity contribution in [1.82, 2.24) is 0 Å². The highest BCUT2D eigenvalue weighted by Crippen LogP contribution is 2.73. The lowest BCUT2D eigenvalue weighted by Crippen LogP contribution is -2.55. The Morgan fingerprint density at radius 1 is 0.256 bits per heavy atom. The molecule has 117 heavy (non-hydrogen) atoms.